The third-order valence-electron chi connectivity index (χ3n) is 1.56. The third-order valence-corrected chi connectivity index (χ3v) is 2.14. The molecule has 0 aromatic heterocycles. The fraction of sp³-hybridized carbons (Fsp3) is 0.714. The van der Waals surface area contributed by atoms with Crippen molar-refractivity contribution in [1.29, 1.82) is 0 Å². The lowest BCUT2D eigenvalue weighted by Gasteiger charge is -2.16. The van der Waals surface area contributed by atoms with E-state index < -0.39 is 30.3 Å². The van der Waals surface area contributed by atoms with Crippen molar-refractivity contribution < 1.29 is 20.2 Å². The Hall–Kier alpha value is -0.763. The Kier molecular flexibility index (Phi) is 9.89. The number of rotatable bonds is 5. The van der Waals surface area contributed by atoms with Crippen LogP contribution in [0, 0.1) is 10.1 Å². The molecular formula is C7H17NO5Si. The molecule has 0 saturated heterocycles. The monoisotopic (exact) mass is 223 g/mol. The van der Waals surface area contributed by atoms with Gasteiger partial charge in [0.15, 0.2) is 0 Å². The Balaban J connectivity index is 0. The summed E-state index contributed by atoms with van der Waals surface area (Å²) < 4.78 is 0. The summed E-state index contributed by atoms with van der Waals surface area (Å²) in [6.45, 7) is 0.910. The Morgan fingerprint density at radius 3 is 1.64 bits per heavy atom. The lowest BCUT2D eigenvalue weighted by molar-refractivity contribution is -0.580. The van der Waals surface area contributed by atoms with Gasteiger partial charge in [0.2, 0.25) is 0 Å². The van der Waals surface area contributed by atoms with Crippen LogP contribution in [0.5, 0.6) is 0 Å². The molecule has 0 radical (unpaired) electrons. The average Bonchev–Trinajstić information content (AvgIpc) is 2.21. The second-order valence-corrected chi connectivity index (χ2v) is 3.47. The largest absolute Gasteiger partial charge is 0.389 e. The van der Waals surface area contributed by atoms with Crippen LogP contribution in [0.3, 0.4) is 0 Å². The minimum Gasteiger partial charge on any atom is -0.389 e. The molecule has 0 heterocycles. The van der Waals surface area contributed by atoms with Crippen LogP contribution < -0.4 is 0 Å². The lowest BCUT2D eigenvalue weighted by atomic mass is 10.1. The van der Waals surface area contributed by atoms with Gasteiger partial charge in [0.1, 0.15) is 19.8 Å². The van der Waals surface area contributed by atoms with Crippen LogP contribution in [0.4, 0.5) is 0 Å². The van der Waals surface area contributed by atoms with Crippen molar-refractivity contribution in [3.05, 3.63) is 22.8 Å². The van der Waals surface area contributed by atoms with Crippen molar-refractivity contribution in [3.8, 4) is 0 Å². The van der Waals surface area contributed by atoms with Crippen LogP contribution in [-0.2, 0) is 0 Å². The molecule has 7 heteroatoms. The Bertz CT molecular complexity index is 163. The molecule has 0 bridgehead atoms. The summed E-state index contributed by atoms with van der Waals surface area (Å²) in [6.07, 6.45) is 1.94. The molecule has 0 spiro atoms. The standard InChI is InChI=1S/C4H9NO5.C3H8Si/c6-1-4(2-7,3-8)5(9)10;1-2-3-4/h6-8H,1-3H2;2H,1,3H2,4H3. The van der Waals surface area contributed by atoms with Gasteiger partial charge in [-0.3, -0.25) is 10.1 Å². The summed E-state index contributed by atoms with van der Waals surface area (Å²) in [5.74, 6) is 0. The predicted molar refractivity (Wildman–Crippen MR) is 55.9 cm³/mol. The molecule has 0 fully saturated rings. The van der Waals surface area contributed by atoms with Crippen molar-refractivity contribution >= 4 is 10.2 Å². The van der Waals surface area contributed by atoms with Crippen LogP contribution >= 0.6 is 0 Å². The van der Waals surface area contributed by atoms with Gasteiger partial charge in [-0.2, -0.15) is 0 Å². The fourth-order valence-electron chi connectivity index (χ4n) is 0.323. The SMILES string of the molecule is C=CC[SiH3].O=[N+]([O-])C(CO)(CO)CO. The van der Waals surface area contributed by atoms with Gasteiger partial charge in [-0.25, -0.2) is 0 Å². The van der Waals surface area contributed by atoms with Crippen molar-refractivity contribution in [2.45, 2.75) is 11.6 Å². The fourth-order valence-corrected chi connectivity index (χ4v) is 0.323. The highest BCUT2D eigenvalue weighted by Crippen LogP contribution is 2.05. The van der Waals surface area contributed by atoms with E-state index in [2.05, 4.69) is 6.58 Å². The zero-order valence-corrected chi connectivity index (χ0v) is 10.2. The molecule has 84 valence electrons. The molecule has 0 atom stereocenters. The van der Waals surface area contributed by atoms with Gasteiger partial charge in [0, 0.05) is 15.2 Å². The zero-order chi connectivity index (χ0) is 11.6. The molecule has 0 saturated carbocycles. The van der Waals surface area contributed by atoms with Gasteiger partial charge in [-0.05, 0) is 6.04 Å². The zero-order valence-electron chi connectivity index (χ0n) is 8.22. The topological polar surface area (TPSA) is 104 Å². The first-order valence-corrected chi connectivity index (χ1v) is 5.54. The van der Waals surface area contributed by atoms with E-state index in [1.807, 2.05) is 6.08 Å². The number of nitrogens with zero attached hydrogens (tertiary/aromatic N) is 1. The lowest BCUT2D eigenvalue weighted by Crippen LogP contribution is -2.49. The van der Waals surface area contributed by atoms with Crippen LogP contribution in [0.15, 0.2) is 12.7 Å². The van der Waals surface area contributed by atoms with Crippen molar-refractivity contribution in [3.63, 3.8) is 0 Å². The van der Waals surface area contributed by atoms with Gasteiger partial charge in [0.25, 0.3) is 5.54 Å². The number of aliphatic hydroxyl groups is 3. The molecule has 14 heavy (non-hydrogen) atoms. The summed E-state index contributed by atoms with van der Waals surface area (Å²) in [4.78, 5) is 9.14. The van der Waals surface area contributed by atoms with E-state index in [9.17, 15) is 10.1 Å². The summed E-state index contributed by atoms with van der Waals surface area (Å²) in [5, 5.41) is 35.2. The Morgan fingerprint density at radius 2 is 1.64 bits per heavy atom. The van der Waals surface area contributed by atoms with E-state index in [0.717, 1.165) is 0 Å². The maximum absolute atomic E-state index is 10.0. The number of allylic oxidation sites excluding steroid dienone is 1. The first-order chi connectivity index (χ1) is 6.54. The van der Waals surface area contributed by atoms with Crippen molar-refractivity contribution in [2.24, 2.45) is 0 Å². The first kappa shape index (κ1) is 15.7. The first-order valence-electron chi connectivity index (χ1n) is 4.12. The average molecular weight is 223 g/mol. The van der Waals surface area contributed by atoms with Gasteiger partial charge >= 0.3 is 0 Å². The van der Waals surface area contributed by atoms with Gasteiger partial charge < -0.3 is 15.3 Å². The minimum atomic E-state index is -1.99. The Morgan fingerprint density at radius 1 is 1.36 bits per heavy atom. The van der Waals surface area contributed by atoms with Gasteiger partial charge in [-0.15, -0.1) is 6.58 Å². The molecule has 0 unspecified atom stereocenters. The number of aliphatic hydroxyl groups excluding tert-OH is 3. The molecule has 0 aromatic carbocycles. The Labute approximate surface area is 85.5 Å². The highest BCUT2D eigenvalue weighted by Gasteiger charge is 2.41. The van der Waals surface area contributed by atoms with Crippen LogP contribution in [0.2, 0.25) is 6.04 Å². The van der Waals surface area contributed by atoms with E-state index in [1.54, 1.807) is 0 Å². The smallest absolute Gasteiger partial charge is 0.289 e. The second-order valence-electron chi connectivity index (χ2n) is 2.65. The quantitative estimate of drug-likeness (QED) is 0.215. The summed E-state index contributed by atoms with van der Waals surface area (Å²) in [6, 6.07) is 1.22. The number of nitro groups is 1. The van der Waals surface area contributed by atoms with E-state index >= 15 is 0 Å². The number of hydrogen-bond donors (Lipinski definition) is 3. The van der Waals surface area contributed by atoms with Crippen molar-refractivity contribution in [1.82, 2.24) is 0 Å². The molecule has 0 aromatic rings. The maximum atomic E-state index is 10.0. The summed E-state index contributed by atoms with van der Waals surface area (Å²) in [7, 11) is 1.27. The van der Waals surface area contributed by atoms with Gasteiger partial charge in [-0.1, -0.05) is 6.08 Å². The molecule has 0 amide bonds. The molecule has 3 N–H and O–H groups in total. The predicted octanol–water partition coefficient (Wildman–Crippen LogP) is -2.07. The van der Waals surface area contributed by atoms with E-state index in [0.29, 0.717) is 0 Å². The van der Waals surface area contributed by atoms with E-state index in [1.165, 1.54) is 16.3 Å². The molecular weight excluding hydrogens is 206 g/mol. The molecule has 0 aliphatic rings. The third kappa shape index (κ3) is 5.07. The molecule has 0 aliphatic heterocycles. The number of hydrogen-bond acceptors (Lipinski definition) is 5. The van der Waals surface area contributed by atoms with Crippen LogP contribution in [0.25, 0.3) is 0 Å². The highest BCUT2D eigenvalue weighted by molar-refractivity contribution is 6.09. The van der Waals surface area contributed by atoms with Gasteiger partial charge in [0.05, 0.1) is 0 Å². The van der Waals surface area contributed by atoms with Crippen molar-refractivity contribution in [2.75, 3.05) is 19.8 Å². The second kappa shape index (κ2) is 8.82. The maximum Gasteiger partial charge on any atom is 0.289 e. The molecule has 0 rings (SSSR count). The van der Waals surface area contributed by atoms with Crippen LogP contribution in [-0.4, -0.2) is 55.8 Å². The molecule has 0 aliphatic carbocycles. The van der Waals surface area contributed by atoms with E-state index in [4.69, 9.17) is 15.3 Å². The highest BCUT2D eigenvalue weighted by atomic mass is 28.1. The summed E-state index contributed by atoms with van der Waals surface area (Å²) in [5.41, 5.74) is -1.99. The molecule has 6 nitrogen and oxygen atoms in total. The normalized spacial score (nSPS) is 10.2. The van der Waals surface area contributed by atoms with Crippen LogP contribution in [0.1, 0.15) is 0 Å². The minimum absolute atomic E-state index is 0.868. The van der Waals surface area contributed by atoms with E-state index in [-0.39, 0.29) is 0 Å². The summed E-state index contributed by atoms with van der Waals surface area (Å²) >= 11 is 0.